The summed E-state index contributed by atoms with van der Waals surface area (Å²) in [6.07, 6.45) is 8.19. The van der Waals surface area contributed by atoms with Gasteiger partial charge >= 0.3 is 0 Å². The zero-order chi connectivity index (χ0) is 12.8. The highest BCUT2D eigenvalue weighted by atomic mass is 16.5. The molecule has 0 aliphatic heterocycles. The van der Waals surface area contributed by atoms with Crippen LogP contribution in [0, 0.1) is 11.8 Å². The van der Waals surface area contributed by atoms with Gasteiger partial charge in [-0.2, -0.15) is 4.98 Å². The van der Waals surface area contributed by atoms with E-state index >= 15 is 0 Å². The zero-order valence-electron chi connectivity index (χ0n) is 10.5. The van der Waals surface area contributed by atoms with Crippen molar-refractivity contribution < 1.29 is 9.63 Å². The summed E-state index contributed by atoms with van der Waals surface area (Å²) in [5.41, 5.74) is 0.668. The molecule has 2 heterocycles. The van der Waals surface area contributed by atoms with Crippen LogP contribution < -0.4 is 0 Å². The predicted molar refractivity (Wildman–Crippen MR) is 67.4 cm³/mol. The molecule has 3 atom stereocenters. The Kier molecular flexibility index (Phi) is 2.33. The third kappa shape index (κ3) is 1.80. The summed E-state index contributed by atoms with van der Waals surface area (Å²) in [5, 5.41) is 13.6. The zero-order valence-corrected chi connectivity index (χ0v) is 10.5. The van der Waals surface area contributed by atoms with E-state index < -0.39 is 0 Å². The summed E-state index contributed by atoms with van der Waals surface area (Å²) in [6.45, 7) is 0. The van der Waals surface area contributed by atoms with Gasteiger partial charge in [0.15, 0.2) is 5.82 Å². The Bertz CT molecular complexity index is 610. The standard InChI is InChI=1S/C14H15N3O2/c18-11-5-10(6-15-7-11)14-16-13(17-19-14)12-4-8-1-2-9(12)3-8/h5-9,12,18H,1-4H2. The lowest BCUT2D eigenvalue weighted by molar-refractivity contribution is 0.372. The van der Waals surface area contributed by atoms with E-state index in [0.717, 1.165) is 17.7 Å². The SMILES string of the molecule is Oc1cncc(-c2nc(C3CC4CCC3C4)no2)c1. The predicted octanol–water partition coefficient (Wildman–Crippen LogP) is 2.74. The molecule has 0 saturated heterocycles. The van der Waals surface area contributed by atoms with Gasteiger partial charge in [-0.15, -0.1) is 0 Å². The van der Waals surface area contributed by atoms with Gasteiger partial charge in [0, 0.05) is 12.1 Å². The monoisotopic (exact) mass is 257 g/mol. The highest BCUT2D eigenvalue weighted by Gasteiger charge is 2.42. The molecule has 0 amide bonds. The average molecular weight is 257 g/mol. The second-order valence-corrected chi connectivity index (χ2v) is 5.67. The third-order valence-electron chi connectivity index (χ3n) is 4.48. The van der Waals surface area contributed by atoms with Gasteiger partial charge in [-0.3, -0.25) is 4.98 Å². The Balaban J connectivity index is 1.63. The van der Waals surface area contributed by atoms with E-state index in [2.05, 4.69) is 15.1 Å². The molecule has 5 heteroatoms. The van der Waals surface area contributed by atoms with Gasteiger partial charge in [-0.1, -0.05) is 11.6 Å². The van der Waals surface area contributed by atoms with Crippen molar-refractivity contribution in [2.45, 2.75) is 31.6 Å². The number of nitrogens with zero attached hydrogens (tertiary/aromatic N) is 3. The molecular formula is C14H15N3O2. The van der Waals surface area contributed by atoms with Crippen molar-refractivity contribution in [1.29, 1.82) is 0 Å². The highest BCUT2D eigenvalue weighted by Crippen LogP contribution is 2.52. The van der Waals surface area contributed by atoms with Crippen molar-refractivity contribution in [3.63, 3.8) is 0 Å². The van der Waals surface area contributed by atoms with E-state index in [4.69, 9.17) is 4.52 Å². The quantitative estimate of drug-likeness (QED) is 0.895. The van der Waals surface area contributed by atoms with Crippen LogP contribution in [0.25, 0.3) is 11.5 Å². The second-order valence-electron chi connectivity index (χ2n) is 5.67. The van der Waals surface area contributed by atoms with E-state index in [9.17, 15) is 5.11 Å². The molecule has 3 unspecified atom stereocenters. The lowest BCUT2D eigenvalue weighted by Gasteiger charge is -2.17. The first-order valence-electron chi connectivity index (χ1n) is 6.77. The Labute approximate surface area is 110 Å². The van der Waals surface area contributed by atoms with E-state index in [1.165, 1.54) is 31.9 Å². The summed E-state index contributed by atoms with van der Waals surface area (Å²) < 4.78 is 5.31. The minimum atomic E-state index is 0.108. The van der Waals surface area contributed by atoms with E-state index in [1.807, 2.05) is 0 Å². The summed E-state index contributed by atoms with van der Waals surface area (Å²) in [5.74, 6) is 3.43. The largest absolute Gasteiger partial charge is 0.506 e. The molecule has 2 aromatic rings. The molecule has 2 aromatic heterocycles. The highest BCUT2D eigenvalue weighted by molar-refractivity contribution is 5.53. The molecule has 2 bridgehead atoms. The number of rotatable bonds is 2. The Morgan fingerprint density at radius 1 is 1.21 bits per heavy atom. The van der Waals surface area contributed by atoms with Crippen LogP contribution in [0.5, 0.6) is 5.75 Å². The summed E-state index contributed by atoms with van der Waals surface area (Å²) in [4.78, 5) is 8.42. The Hall–Kier alpha value is -1.91. The van der Waals surface area contributed by atoms with Crippen LogP contribution in [0.15, 0.2) is 23.0 Å². The van der Waals surface area contributed by atoms with Crippen LogP contribution in [0.4, 0.5) is 0 Å². The molecule has 0 spiro atoms. The number of pyridine rings is 1. The van der Waals surface area contributed by atoms with Gasteiger partial charge in [-0.05, 0) is 37.2 Å². The normalized spacial score (nSPS) is 28.9. The molecule has 2 aliphatic rings. The number of hydrogen-bond donors (Lipinski definition) is 1. The van der Waals surface area contributed by atoms with Crippen LogP contribution in [-0.4, -0.2) is 20.2 Å². The van der Waals surface area contributed by atoms with Crippen molar-refractivity contribution in [2.75, 3.05) is 0 Å². The molecule has 0 aromatic carbocycles. The lowest BCUT2D eigenvalue weighted by Crippen LogP contribution is -2.09. The average Bonchev–Trinajstić information content (AvgIpc) is 3.14. The number of aromatic hydroxyl groups is 1. The second kappa shape index (κ2) is 4.05. The minimum absolute atomic E-state index is 0.108. The van der Waals surface area contributed by atoms with Gasteiger partial charge in [-0.25, -0.2) is 0 Å². The van der Waals surface area contributed by atoms with Crippen molar-refractivity contribution >= 4 is 0 Å². The molecule has 2 aliphatic carbocycles. The smallest absolute Gasteiger partial charge is 0.259 e. The first kappa shape index (κ1) is 11.0. The fourth-order valence-electron chi connectivity index (χ4n) is 3.61. The molecule has 2 fully saturated rings. The topological polar surface area (TPSA) is 72.0 Å². The first-order valence-corrected chi connectivity index (χ1v) is 6.77. The van der Waals surface area contributed by atoms with Crippen LogP contribution in [0.1, 0.15) is 37.4 Å². The maximum absolute atomic E-state index is 9.43. The summed E-state index contributed by atoms with van der Waals surface area (Å²) in [6, 6.07) is 1.59. The van der Waals surface area contributed by atoms with Crippen LogP contribution in [0.2, 0.25) is 0 Å². The van der Waals surface area contributed by atoms with Crippen molar-refractivity contribution in [3.05, 3.63) is 24.3 Å². The van der Waals surface area contributed by atoms with Crippen molar-refractivity contribution in [1.82, 2.24) is 15.1 Å². The van der Waals surface area contributed by atoms with Gasteiger partial charge in [0.1, 0.15) is 5.75 Å². The van der Waals surface area contributed by atoms with Crippen LogP contribution in [0.3, 0.4) is 0 Å². The molecule has 0 radical (unpaired) electrons. The van der Waals surface area contributed by atoms with Crippen molar-refractivity contribution in [3.8, 4) is 17.2 Å². The van der Waals surface area contributed by atoms with E-state index in [0.29, 0.717) is 17.4 Å². The lowest BCUT2D eigenvalue weighted by atomic mass is 9.88. The van der Waals surface area contributed by atoms with E-state index in [-0.39, 0.29) is 5.75 Å². The number of fused-ring (bicyclic) bond motifs is 2. The maximum atomic E-state index is 9.43. The molecule has 2 saturated carbocycles. The first-order chi connectivity index (χ1) is 9.29. The van der Waals surface area contributed by atoms with Gasteiger partial charge in [0.25, 0.3) is 5.89 Å². The van der Waals surface area contributed by atoms with Crippen LogP contribution >= 0.6 is 0 Å². The minimum Gasteiger partial charge on any atom is -0.506 e. The fraction of sp³-hybridized carbons (Fsp3) is 0.500. The van der Waals surface area contributed by atoms with Gasteiger partial charge in [0.2, 0.25) is 0 Å². The maximum Gasteiger partial charge on any atom is 0.259 e. The number of aromatic nitrogens is 3. The van der Waals surface area contributed by atoms with Crippen molar-refractivity contribution in [2.24, 2.45) is 11.8 Å². The molecule has 1 N–H and O–H groups in total. The summed E-state index contributed by atoms with van der Waals surface area (Å²) >= 11 is 0. The van der Waals surface area contributed by atoms with Gasteiger partial charge < -0.3 is 9.63 Å². The van der Waals surface area contributed by atoms with Crippen LogP contribution in [-0.2, 0) is 0 Å². The summed E-state index contributed by atoms with van der Waals surface area (Å²) in [7, 11) is 0. The third-order valence-corrected chi connectivity index (χ3v) is 4.48. The van der Waals surface area contributed by atoms with E-state index in [1.54, 1.807) is 12.3 Å². The molecule has 4 rings (SSSR count). The Morgan fingerprint density at radius 2 is 2.16 bits per heavy atom. The molecule has 19 heavy (non-hydrogen) atoms. The number of hydrogen-bond acceptors (Lipinski definition) is 5. The molecule has 5 nitrogen and oxygen atoms in total. The van der Waals surface area contributed by atoms with Gasteiger partial charge in [0.05, 0.1) is 11.8 Å². The Morgan fingerprint density at radius 3 is 2.89 bits per heavy atom. The fourth-order valence-corrected chi connectivity index (χ4v) is 3.61. The molecule has 98 valence electrons. The molecular weight excluding hydrogens is 242 g/mol.